The fraction of sp³-hybridized carbons (Fsp3) is 0.357. The molecule has 114 valence electrons. The van der Waals surface area contributed by atoms with Gasteiger partial charge in [-0.25, -0.2) is 13.2 Å². The molecular weight excluding hydrogens is 314 g/mol. The minimum atomic E-state index is -3.75. The van der Waals surface area contributed by atoms with Crippen LogP contribution in [-0.4, -0.2) is 36.9 Å². The van der Waals surface area contributed by atoms with Crippen LogP contribution < -0.4 is 0 Å². The maximum Gasteiger partial charge on any atom is 0.336 e. The molecule has 21 heavy (non-hydrogen) atoms. The van der Waals surface area contributed by atoms with Crippen molar-refractivity contribution in [3.8, 4) is 0 Å². The van der Waals surface area contributed by atoms with E-state index in [0.717, 1.165) is 5.57 Å². The molecule has 7 heteroatoms. The fourth-order valence-corrected chi connectivity index (χ4v) is 4.19. The Morgan fingerprint density at radius 3 is 2.52 bits per heavy atom. The van der Waals surface area contributed by atoms with Gasteiger partial charge in [-0.15, -0.1) is 0 Å². The average Bonchev–Trinajstić information content (AvgIpc) is 2.41. The normalized spacial score (nSPS) is 16.6. The molecule has 0 radical (unpaired) electrons. The zero-order valence-corrected chi connectivity index (χ0v) is 13.3. The summed E-state index contributed by atoms with van der Waals surface area (Å²) in [6.45, 7) is 4.12. The van der Waals surface area contributed by atoms with E-state index in [-0.39, 0.29) is 21.0 Å². The molecule has 1 aromatic carbocycles. The number of hydrogen-bond acceptors (Lipinski definition) is 3. The molecule has 0 atom stereocenters. The Labute approximate surface area is 128 Å². The van der Waals surface area contributed by atoms with Gasteiger partial charge in [0, 0.05) is 18.1 Å². The summed E-state index contributed by atoms with van der Waals surface area (Å²) in [6.07, 6.45) is 2.53. The number of benzene rings is 1. The second kappa shape index (κ2) is 5.79. The lowest BCUT2D eigenvalue weighted by atomic mass is 10.1. The van der Waals surface area contributed by atoms with Gasteiger partial charge in [0.15, 0.2) is 0 Å². The van der Waals surface area contributed by atoms with E-state index in [1.807, 2.05) is 13.0 Å². The molecule has 1 aliphatic rings. The first-order valence-electron chi connectivity index (χ1n) is 6.42. The predicted octanol–water partition coefficient (Wildman–Crippen LogP) is 2.69. The molecule has 1 N–H and O–H groups in total. The van der Waals surface area contributed by atoms with E-state index in [1.165, 1.54) is 23.4 Å². The lowest BCUT2D eigenvalue weighted by Crippen LogP contribution is -2.35. The second-order valence-corrected chi connectivity index (χ2v) is 7.39. The monoisotopic (exact) mass is 329 g/mol. The molecule has 0 bridgehead atoms. The van der Waals surface area contributed by atoms with E-state index in [2.05, 4.69) is 0 Å². The van der Waals surface area contributed by atoms with Crippen molar-refractivity contribution in [2.45, 2.75) is 25.2 Å². The van der Waals surface area contributed by atoms with Crippen LogP contribution in [0.2, 0.25) is 5.02 Å². The van der Waals surface area contributed by atoms with E-state index in [0.29, 0.717) is 19.5 Å². The van der Waals surface area contributed by atoms with Crippen LogP contribution in [0, 0.1) is 6.92 Å². The third-order valence-corrected chi connectivity index (χ3v) is 5.78. The zero-order valence-electron chi connectivity index (χ0n) is 11.8. The van der Waals surface area contributed by atoms with Crippen molar-refractivity contribution in [1.82, 2.24) is 4.31 Å². The average molecular weight is 330 g/mol. The van der Waals surface area contributed by atoms with Crippen molar-refractivity contribution < 1.29 is 18.3 Å². The van der Waals surface area contributed by atoms with Crippen LogP contribution in [0.1, 0.15) is 29.3 Å². The Hall–Kier alpha value is -1.37. The first-order chi connectivity index (χ1) is 9.73. The largest absolute Gasteiger partial charge is 0.478 e. The van der Waals surface area contributed by atoms with Gasteiger partial charge in [0.25, 0.3) is 0 Å². The van der Waals surface area contributed by atoms with Crippen LogP contribution in [-0.2, 0) is 10.0 Å². The number of aromatic carboxylic acids is 1. The fourth-order valence-electron chi connectivity index (χ4n) is 2.25. The maximum atomic E-state index is 12.7. The summed E-state index contributed by atoms with van der Waals surface area (Å²) in [6, 6.07) is 2.57. The van der Waals surface area contributed by atoms with Gasteiger partial charge in [-0.1, -0.05) is 23.3 Å². The summed E-state index contributed by atoms with van der Waals surface area (Å²) in [7, 11) is -3.75. The number of halogens is 1. The van der Waals surface area contributed by atoms with Gasteiger partial charge < -0.3 is 5.11 Å². The van der Waals surface area contributed by atoms with Gasteiger partial charge in [-0.3, -0.25) is 0 Å². The molecule has 0 saturated heterocycles. The van der Waals surface area contributed by atoms with Crippen molar-refractivity contribution in [2.75, 3.05) is 13.1 Å². The third kappa shape index (κ3) is 3.12. The zero-order chi connectivity index (χ0) is 15.8. The molecule has 0 amide bonds. The quantitative estimate of drug-likeness (QED) is 0.865. The van der Waals surface area contributed by atoms with Gasteiger partial charge in [0.2, 0.25) is 10.0 Å². The summed E-state index contributed by atoms with van der Waals surface area (Å²) in [5.41, 5.74) is 1.26. The summed E-state index contributed by atoms with van der Waals surface area (Å²) >= 11 is 5.88. The molecule has 2 rings (SSSR count). The van der Waals surface area contributed by atoms with Crippen LogP contribution in [0.3, 0.4) is 0 Å². The molecule has 0 fully saturated rings. The first-order valence-corrected chi connectivity index (χ1v) is 8.24. The molecule has 0 aromatic heterocycles. The van der Waals surface area contributed by atoms with Crippen molar-refractivity contribution in [1.29, 1.82) is 0 Å². The lowest BCUT2D eigenvalue weighted by molar-refractivity contribution is 0.0696. The standard InChI is InChI=1S/C14H16ClNO4S/c1-9-3-5-16(6-4-9)21(19,20)13-8-11(15)7-12(10(13)2)14(17)18/h3,7-8H,4-6H2,1-2H3,(H,17,18). The Morgan fingerprint density at radius 2 is 2.00 bits per heavy atom. The summed E-state index contributed by atoms with van der Waals surface area (Å²) in [5.74, 6) is -1.19. The smallest absolute Gasteiger partial charge is 0.336 e. The SMILES string of the molecule is CC1=CCN(S(=O)(=O)c2cc(Cl)cc(C(=O)O)c2C)CC1. The topological polar surface area (TPSA) is 74.7 Å². The van der Waals surface area contributed by atoms with E-state index in [1.54, 1.807) is 0 Å². The Kier molecular flexibility index (Phi) is 4.41. The van der Waals surface area contributed by atoms with Crippen LogP contribution in [0.4, 0.5) is 0 Å². The van der Waals surface area contributed by atoms with Crippen molar-refractivity contribution >= 4 is 27.6 Å². The number of nitrogens with zero attached hydrogens (tertiary/aromatic N) is 1. The molecule has 0 unspecified atom stereocenters. The van der Waals surface area contributed by atoms with Gasteiger partial charge in [0.1, 0.15) is 0 Å². The van der Waals surface area contributed by atoms with Gasteiger partial charge in [-0.05, 0) is 38.0 Å². The minimum Gasteiger partial charge on any atom is -0.478 e. The first kappa shape index (κ1) is 16.0. The van der Waals surface area contributed by atoms with Crippen molar-refractivity contribution in [3.63, 3.8) is 0 Å². The Balaban J connectivity index is 2.53. The third-order valence-electron chi connectivity index (χ3n) is 3.57. The number of sulfonamides is 1. The van der Waals surface area contributed by atoms with Crippen LogP contribution in [0.15, 0.2) is 28.7 Å². The second-order valence-electron chi connectivity index (χ2n) is 5.05. The summed E-state index contributed by atoms with van der Waals surface area (Å²) < 4.78 is 26.7. The van der Waals surface area contributed by atoms with E-state index < -0.39 is 16.0 Å². The highest BCUT2D eigenvalue weighted by molar-refractivity contribution is 7.89. The van der Waals surface area contributed by atoms with E-state index in [4.69, 9.17) is 16.7 Å². The van der Waals surface area contributed by atoms with E-state index in [9.17, 15) is 13.2 Å². The Bertz CT molecular complexity index is 725. The van der Waals surface area contributed by atoms with Crippen molar-refractivity contribution in [2.24, 2.45) is 0 Å². The van der Waals surface area contributed by atoms with Gasteiger partial charge >= 0.3 is 5.97 Å². The maximum absolute atomic E-state index is 12.7. The molecule has 1 heterocycles. The lowest BCUT2D eigenvalue weighted by Gasteiger charge is -2.25. The number of hydrogen-bond donors (Lipinski definition) is 1. The highest BCUT2D eigenvalue weighted by atomic mass is 35.5. The Morgan fingerprint density at radius 1 is 1.33 bits per heavy atom. The summed E-state index contributed by atoms with van der Waals surface area (Å²) in [5, 5.41) is 9.25. The van der Waals surface area contributed by atoms with Gasteiger partial charge in [0.05, 0.1) is 10.5 Å². The molecule has 0 aliphatic carbocycles. The highest BCUT2D eigenvalue weighted by Gasteiger charge is 2.29. The van der Waals surface area contributed by atoms with Crippen LogP contribution >= 0.6 is 11.6 Å². The van der Waals surface area contributed by atoms with E-state index >= 15 is 0 Å². The molecular formula is C14H16ClNO4S. The minimum absolute atomic E-state index is 0.0413. The summed E-state index contributed by atoms with van der Waals surface area (Å²) in [4.78, 5) is 11.2. The van der Waals surface area contributed by atoms with Crippen molar-refractivity contribution in [3.05, 3.63) is 39.9 Å². The number of carbonyl (C=O) groups is 1. The molecule has 0 spiro atoms. The molecule has 5 nitrogen and oxygen atoms in total. The number of rotatable bonds is 3. The highest BCUT2D eigenvalue weighted by Crippen LogP contribution is 2.28. The predicted molar refractivity (Wildman–Crippen MR) is 80.3 cm³/mol. The number of carboxylic acids is 1. The molecule has 1 aliphatic heterocycles. The van der Waals surface area contributed by atoms with Crippen LogP contribution in [0.5, 0.6) is 0 Å². The molecule has 1 aromatic rings. The van der Waals surface area contributed by atoms with Gasteiger partial charge in [-0.2, -0.15) is 4.31 Å². The van der Waals surface area contributed by atoms with Crippen LogP contribution in [0.25, 0.3) is 0 Å². The number of carboxylic acid groups (broad SMARTS) is 1. The molecule has 0 saturated carbocycles.